The van der Waals surface area contributed by atoms with E-state index in [1.54, 1.807) is 17.6 Å². The van der Waals surface area contributed by atoms with Gasteiger partial charge in [0.1, 0.15) is 5.01 Å². The molecule has 0 aromatic carbocycles. The maximum Gasteiger partial charge on any atom is 0.241 e. The van der Waals surface area contributed by atoms with E-state index in [1.165, 1.54) is 22.7 Å². The van der Waals surface area contributed by atoms with Crippen LogP contribution < -0.4 is 10.0 Å². The zero-order valence-corrected chi connectivity index (χ0v) is 14.7. The Bertz CT molecular complexity index is 689. The van der Waals surface area contributed by atoms with Gasteiger partial charge in [-0.1, -0.05) is 13.8 Å². The second-order valence-electron chi connectivity index (χ2n) is 4.97. The topological polar surface area (TPSA) is 71.1 Å². The lowest BCUT2D eigenvalue weighted by molar-refractivity contribution is 0.580. The summed E-state index contributed by atoms with van der Waals surface area (Å²) in [7, 11) is -3.47. The lowest BCUT2D eigenvalue weighted by atomic mass is 10.4. The zero-order chi connectivity index (χ0) is 15.5. The SMILES string of the molecule is Cc1cnc(CNS(=O)(=O)c2csc(CNC(C)C)c2)s1. The second kappa shape index (κ2) is 6.97. The van der Waals surface area contributed by atoms with E-state index in [1.807, 2.05) is 6.92 Å². The van der Waals surface area contributed by atoms with Crippen LogP contribution in [-0.4, -0.2) is 19.4 Å². The van der Waals surface area contributed by atoms with Crippen LogP contribution in [0.4, 0.5) is 0 Å². The summed E-state index contributed by atoms with van der Waals surface area (Å²) in [4.78, 5) is 6.55. The average molecular weight is 346 g/mol. The summed E-state index contributed by atoms with van der Waals surface area (Å²) in [6.45, 7) is 6.98. The Labute approximate surface area is 133 Å². The molecule has 5 nitrogen and oxygen atoms in total. The average Bonchev–Trinajstić information content (AvgIpc) is 3.03. The van der Waals surface area contributed by atoms with E-state index in [0.717, 1.165) is 14.8 Å². The van der Waals surface area contributed by atoms with Gasteiger partial charge in [-0.25, -0.2) is 18.1 Å². The molecule has 21 heavy (non-hydrogen) atoms. The number of hydrogen-bond donors (Lipinski definition) is 2. The van der Waals surface area contributed by atoms with Crippen molar-refractivity contribution in [3.63, 3.8) is 0 Å². The van der Waals surface area contributed by atoms with Gasteiger partial charge in [-0.3, -0.25) is 0 Å². The molecule has 2 heterocycles. The Kier molecular flexibility index (Phi) is 5.50. The number of rotatable bonds is 7. The first-order valence-electron chi connectivity index (χ1n) is 6.58. The highest BCUT2D eigenvalue weighted by molar-refractivity contribution is 7.89. The summed E-state index contributed by atoms with van der Waals surface area (Å²) in [6, 6.07) is 2.09. The molecule has 0 saturated carbocycles. The first-order valence-corrected chi connectivity index (χ1v) is 9.76. The Balaban J connectivity index is 1.99. The fourth-order valence-electron chi connectivity index (χ4n) is 1.62. The summed E-state index contributed by atoms with van der Waals surface area (Å²) in [6.07, 6.45) is 1.74. The van der Waals surface area contributed by atoms with E-state index >= 15 is 0 Å². The van der Waals surface area contributed by atoms with E-state index < -0.39 is 10.0 Å². The van der Waals surface area contributed by atoms with Crippen LogP contribution in [0.1, 0.15) is 28.6 Å². The van der Waals surface area contributed by atoms with Crippen molar-refractivity contribution in [1.29, 1.82) is 0 Å². The smallest absolute Gasteiger partial charge is 0.241 e. The molecule has 0 bridgehead atoms. The van der Waals surface area contributed by atoms with Crippen LogP contribution >= 0.6 is 22.7 Å². The van der Waals surface area contributed by atoms with Crippen molar-refractivity contribution < 1.29 is 8.42 Å². The van der Waals surface area contributed by atoms with Crippen molar-refractivity contribution in [2.45, 2.75) is 44.8 Å². The van der Waals surface area contributed by atoms with Gasteiger partial charge < -0.3 is 5.32 Å². The van der Waals surface area contributed by atoms with E-state index in [9.17, 15) is 8.42 Å². The lowest BCUT2D eigenvalue weighted by Gasteiger charge is -2.05. The Morgan fingerprint density at radius 2 is 2.10 bits per heavy atom. The standard InChI is InChI=1S/C13H19N3O2S3/c1-9(2)14-6-11-4-12(8-19-11)21(17,18)16-7-13-15-5-10(3)20-13/h4-5,8-9,14,16H,6-7H2,1-3H3. The van der Waals surface area contributed by atoms with E-state index in [-0.39, 0.29) is 6.54 Å². The summed E-state index contributed by atoms with van der Waals surface area (Å²) in [5.74, 6) is 0. The van der Waals surface area contributed by atoms with Gasteiger partial charge in [0.15, 0.2) is 0 Å². The first-order chi connectivity index (χ1) is 9.87. The molecule has 0 aliphatic carbocycles. The monoisotopic (exact) mass is 345 g/mol. The van der Waals surface area contributed by atoms with Crippen LogP contribution in [0.15, 0.2) is 22.5 Å². The van der Waals surface area contributed by atoms with Crippen LogP contribution in [-0.2, 0) is 23.1 Å². The normalized spacial score (nSPS) is 12.2. The van der Waals surface area contributed by atoms with Crippen molar-refractivity contribution in [2.75, 3.05) is 0 Å². The fourth-order valence-corrected chi connectivity index (χ4v) is 4.65. The first kappa shape index (κ1) is 16.6. The van der Waals surface area contributed by atoms with E-state index in [2.05, 4.69) is 28.9 Å². The molecule has 0 saturated heterocycles. The highest BCUT2D eigenvalue weighted by Crippen LogP contribution is 2.20. The number of nitrogens with one attached hydrogen (secondary N) is 2. The molecule has 2 rings (SSSR count). The van der Waals surface area contributed by atoms with Gasteiger partial charge in [-0.05, 0) is 13.0 Å². The molecule has 0 amide bonds. The molecule has 2 aromatic heterocycles. The molecule has 0 radical (unpaired) electrons. The number of thiophene rings is 1. The third kappa shape index (κ3) is 4.86. The molecule has 0 aliphatic heterocycles. The van der Waals surface area contributed by atoms with Crippen molar-refractivity contribution in [2.24, 2.45) is 0 Å². The molecule has 0 atom stereocenters. The van der Waals surface area contributed by atoms with Gasteiger partial charge in [0, 0.05) is 33.9 Å². The molecular weight excluding hydrogens is 326 g/mol. The Hall–Kier alpha value is -0.800. The Morgan fingerprint density at radius 1 is 1.33 bits per heavy atom. The number of aromatic nitrogens is 1. The third-order valence-corrected chi connectivity index (χ3v) is 6.09. The van der Waals surface area contributed by atoms with Gasteiger partial charge >= 0.3 is 0 Å². The highest BCUT2D eigenvalue weighted by Gasteiger charge is 2.16. The number of thiazole rings is 1. The molecule has 0 fully saturated rings. The largest absolute Gasteiger partial charge is 0.310 e. The van der Waals surface area contributed by atoms with Crippen LogP contribution in [0.2, 0.25) is 0 Å². The molecule has 0 spiro atoms. The molecular formula is C13H19N3O2S3. The lowest BCUT2D eigenvalue weighted by Crippen LogP contribution is -2.23. The minimum Gasteiger partial charge on any atom is -0.310 e. The van der Waals surface area contributed by atoms with Crippen molar-refractivity contribution in [1.82, 2.24) is 15.0 Å². The van der Waals surface area contributed by atoms with Gasteiger partial charge in [0.05, 0.1) is 11.4 Å². The van der Waals surface area contributed by atoms with E-state index in [4.69, 9.17) is 0 Å². The quantitative estimate of drug-likeness (QED) is 0.809. The molecule has 0 unspecified atom stereocenters. The maximum absolute atomic E-state index is 12.2. The number of hydrogen-bond acceptors (Lipinski definition) is 6. The van der Waals surface area contributed by atoms with Gasteiger partial charge in [0.25, 0.3) is 0 Å². The zero-order valence-electron chi connectivity index (χ0n) is 12.2. The predicted octanol–water partition coefficient (Wildman–Crippen LogP) is 2.49. The van der Waals surface area contributed by atoms with Crippen LogP contribution in [0.5, 0.6) is 0 Å². The maximum atomic E-state index is 12.2. The molecule has 8 heteroatoms. The van der Waals surface area contributed by atoms with Gasteiger partial charge in [-0.15, -0.1) is 22.7 Å². The van der Waals surface area contributed by atoms with Gasteiger partial charge in [-0.2, -0.15) is 0 Å². The van der Waals surface area contributed by atoms with Crippen molar-refractivity contribution in [3.8, 4) is 0 Å². The van der Waals surface area contributed by atoms with Crippen LogP contribution in [0.3, 0.4) is 0 Å². The molecule has 116 valence electrons. The summed E-state index contributed by atoms with van der Waals surface area (Å²) in [5, 5.41) is 5.72. The number of aryl methyl sites for hydroxylation is 1. The summed E-state index contributed by atoms with van der Waals surface area (Å²) < 4.78 is 27.0. The number of sulfonamides is 1. The fraction of sp³-hybridized carbons (Fsp3) is 0.462. The third-order valence-electron chi connectivity index (χ3n) is 2.71. The molecule has 0 aliphatic rings. The highest BCUT2D eigenvalue weighted by atomic mass is 32.2. The van der Waals surface area contributed by atoms with Crippen molar-refractivity contribution in [3.05, 3.63) is 32.4 Å². The molecule has 2 aromatic rings. The Morgan fingerprint density at radius 3 is 2.71 bits per heavy atom. The summed E-state index contributed by atoms with van der Waals surface area (Å²) in [5.41, 5.74) is 0. The second-order valence-corrected chi connectivity index (χ2v) is 9.06. The predicted molar refractivity (Wildman–Crippen MR) is 87.2 cm³/mol. The van der Waals surface area contributed by atoms with Crippen LogP contribution in [0.25, 0.3) is 0 Å². The summed E-state index contributed by atoms with van der Waals surface area (Å²) >= 11 is 2.94. The van der Waals surface area contributed by atoms with E-state index in [0.29, 0.717) is 17.5 Å². The van der Waals surface area contributed by atoms with Crippen molar-refractivity contribution >= 4 is 32.7 Å². The van der Waals surface area contributed by atoms with Gasteiger partial charge in [0.2, 0.25) is 10.0 Å². The minimum absolute atomic E-state index is 0.232. The van der Waals surface area contributed by atoms with Crippen LogP contribution in [0, 0.1) is 6.92 Å². The minimum atomic E-state index is -3.47. The molecule has 2 N–H and O–H groups in total. The number of nitrogens with zero attached hydrogens (tertiary/aromatic N) is 1.